The van der Waals surface area contributed by atoms with Crippen molar-refractivity contribution in [1.29, 1.82) is 0 Å². The number of rotatable bonds is 3. The first-order valence-corrected chi connectivity index (χ1v) is 6.31. The number of nitrogens with one attached hydrogen (secondary N) is 2. The van der Waals surface area contributed by atoms with Crippen LogP contribution in [-0.2, 0) is 13.1 Å². The quantitative estimate of drug-likeness (QED) is 0.902. The molecule has 19 heavy (non-hydrogen) atoms. The fourth-order valence-electron chi connectivity index (χ4n) is 2.02. The van der Waals surface area contributed by atoms with E-state index in [9.17, 15) is 0 Å². The zero-order valence-electron chi connectivity index (χ0n) is 10.4. The van der Waals surface area contributed by atoms with Crippen molar-refractivity contribution in [3.8, 4) is 5.88 Å². The Morgan fingerprint density at radius 1 is 1.21 bits per heavy atom. The zero-order valence-corrected chi connectivity index (χ0v) is 11.2. The Morgan fingerprint density at radius 2 is 2.00 bits per heavy atom. The van der Waals surface area contributed by atoms with Crippen LogP contribution in [0.3, 0.4) is 0 Å². The summed E-state index contributed by atoms with van der Waals surface area (Å²) in [6.45, 7) is 1.49. The summed E-state index contributed by atoms with van der Waals surface area (Å²) in [5, 5.41) is 7.08. The van der Waals surface area contributed by atoms with Gasteiger partial charge >= 0.3 is 0 Å². The number of benzene rings is 1. The van der Waals surface area contributed by atoms with Gasteiger partial charge in [0.25, 0.3) is 0 Å². The van der Waals surface area contributed by atoms with E-state index in [0.717, 1.165) is 30.0 Å². The summed E-state index contributed by atoms with van der Waals surface area (Å²) < 4.78 is 5.30. The fourth-order valence-corrected chi connectivity index (χ4v) is 2.15. The first-order chi connectivity index (χ1) is 9.26. The molecule has 0 aliphatic carbocycles. The van der Waals surface area contributed by atoms with Crippen LogP contribution < -0.4 is 15.4 Å². The van der Waals surface area contributed by atoms with Gasteiger partial charge in [0.2, 0.25) is 11.8 Å². The highest BCUT2D eigenvalue weighted by Crippen LogP contribution is 2.26. The van der Waals surface area contributed by atoms with Gasteiger partial charge in [-0.2, -0.15) is 4.98 Å². The molecule has 1 aliphatic rings. The van der Waals surface area contributed by atoms with Gasteiger partial charge in [-0.1, -0.05) is 11.6 Å². The van der Waals surface area contributed by atoms with Crippen molar-refractivity contribution in [3.63, 3.8) is 0 Å². The summed E-state index contributed by atoms with van der Waals surface area (Å²) in [7, 11) is 1.62. The van der Waals surface area contributed by atoms with E-state index in [1.807, 2.05) is 24.3 Å². The summed E-state index contributed by atoms with van der Waals surface area (Å²) >= 11 is 5.85. The maximum Gasteiger partial charge on any atom is 0.230 e. The minimum absolute atomic E-state index is 0.529. The van der Waals surface area contributed by atoms with Crippen molar-refractivity contribution < 1.29 is 4.74 Å². The number of hydrogen-bond donors (Lipinski definition) is 2. The molecule has 0 amide bonds. The van der Waals surface area contributed by atoms with Crippen LogP contribution in [0, 0.1) is 0 Å². The smallest absolute Gasteiger partial charge is 0.230 e. The Kier molecular flexibility index (Phi) is 3.23. The van der Waals surface area contributed by atoms with Gasteiger partial charge in [0.1, 0.15) is 0 Å². The van der Waals surface area contributed by atoms with Crippen molar-refractivity contribution in [3.05, 3.63) is 40.5 Å². The van der Waals surface area contributed by atoms with E-state index in [1.54, 1.807) is 7.11 Å². The molecule has 2 N–H and O–H groups in total. The third kappa shape index (κ3) is 2.47. The lowest BCUT2D eigenvalue weighted by Crippen LogP contribution is -2.03. The van der Waals surface area contributed by atoms with Crippen LogP contribution >= 0.6 is 11.6 Å². The van der Waals surface area contributed by atoms with Crippen LogP contribution in [0.1, 0.15) is 11.3 Å². The molecule has 6 heteroatoms. The molecule has 0 saturated heterocycles. The summed E-state index contributed by atoms with van der Waals surface area (Å²) in [4.78, 5) is 8.85. The number of nitrogens with zero attached hydrogens (tertiary/aromatic N) is 2. The largest absolute Gasteiger partial charge is 0.481 e. The summed E-state index contributed by atoms with van der Waals surface area (Å²) in [5.74, 6) is 1.15. The van der Waals surface area contributed by atoms with Gasteiger partial charge in [0, 0.05) is 23.8 Å². The number of anilines is 2. The molecule has 5 nitrogen and oxygen atoms in total. The van der Waals surface area contributed by atoms with E-state index in [2.05, 4.69) is 20.6 Å². The topological polar surface area (TPSA) is 59.1 Å². The van der Waals surface area contributed by atoms with Crippen molar-refractivity contribution in [2.75, 3.05) is 12.4 Å². The second kappa shape index (κ2) is 5.03. The van der Waals surface area contributed by atoms with Crippen molar-refractivity contribution in [1.82, 2.24) is 15.3 Å². The number of halogens is 1. The SMILES string of the molecule is COc1nc(Nc2ccc(Cl)cc2)nc2c1CNC2. The average molecular weight is 277 g/mol. The van der Waals surface area contributed by atoms with E-state index in [-0.39, 0.29) is 0 Å². The molecule has 3 rings (SSSR count). The Labute approximate surface area is 116 Å². The molecule has 2 aromatic rings. The van der Waals surface area contributed by atoms with Crippen molar-refractivity contribution in [2.45, 2.75) is 13.1 Å². The summed E-state index contributed by atoms with van der Waals surface area (Å²) in [6.07, 6.45) is 0. The molecule has 0 atom stereocenters. The van der Waals surface area contributed by atoms with E-state index in [1.165, 1.54) is 0 Å². The third-order valence-electron chi connectivity index (χ3n) is 2.94. The second-order valence-electron chi connectivity index (χ2n) is 4.22. The predicted octanol–water partition coefficient (Wildman–Crippen LogP) is 2.49. The molecule has 1 aromatic heterocycles. The van der Waals surface area contributed by atoms with Gasteiger partial charge in [0.05, 0.1) is 18.4 Å². The Hall–Kier alpha value is -1.85. The maximum atomic E-state index is 5.85. The van der Waals surface area contributed by atoms with Gasteiger partial charge in [-0.25, -0.2) is 4.98 Å². The van der Waals surface area contributed by atoms with Crippen LogP contribution in [0.5, 0.6) is 5.88 Å². The highest BCUT2D eigenvalue weighted by molar-refractivity contribution is 6.30. The number of ether oxygens (including phenoxy) is 1. The van der Waals surface area contributed by atoms with Crippen LogP contribution in [-0.4, -0.2) is 17.1 Å². The molecule has 0 fully saturated rings. The molecular weight excluding hydrogens is 264 g/mol. The van der Waals surface area contributed by atoms with E-state index in [4.69, 9.17) is 16.3 Å². The van der Waals surface area contributed by atoms with Crippen molar-refractivity contribution in [2.24, 2.45) is 0 Å². The fraction of sp³-hybridized carbons (Fsp3) is 0.231. The molecule has 0 saturated carbocycles. The van der Waals surface area contributed by atoms with Gasteiger partial charge in [0.15, 0.2) is 0 Å². The van der Waals surface area contributed by atoms with E-state index < -0.39 is 0 Å². The lowest BCUT2D eigenvalue weighted by Gasteiger charge is -2.09. The van der Waals surface area contributed by atoms with Crippen LogP contribution in [0.4, 0.5) is 11.6 Å². The van der Waals surface area contributed by atoms with Gasteiger partial charge < -0.3 is 15.4 Å². The first-order valence-electron chi connectivity index (χ1n) is 5.93. The highest BCUT2D eigenvalue weighted by Gasteiger charge is 2.19. The Balaban J connectivity index is 1.91. The summed E-state index contributed by atoms with van der Waals surface area (Å²) in [5.41, 5.74) is 2.89. The Bertz CT molecular complexity index is 600. The predicted molar refractivity (Wildman–Crippen MR) is 73.9 cm³/mol. The minimum atomic E-state index is 0.529. The molecule has 1 aromatic carbocycles. The lowest BCUT2D eigenvalue weighted by atomic mass is 10.2. The summed E-state index contributed by atoms with van der Waals surface area (Å²) in [6, 6.07) is 7.39. The third-order valence-corrected chi connectivity index (χ3v) is 3.19. The highest BCUT2D eigenvalue weighted by atomic mass is 35.5. The molecule has 0 bridgehead atoms. The first kappa shape index (κ1) is 12.2. The molecule has 0 unspecified atom stereocenters. The number of aromatic nitrogens is 2. The van der Waals surface area contributed by atoms with E-state index in [0.29, 0.717) is 16.9 Å². The zero-order chi connectivity index (χ0) is 13.2. The molecule has 0 spiro atoms. The van der Waals surface area contributed by atoms with Gasteiger partial charge in [-0.05, 0) is 24.3 Å². The van der Waals surface area contributed by atoms with Crippen LogP contribution in [0.15, 0.2) is 24.3 Å². The second-order valence-corrected chi connectivity index (χ2v) is 4.65. The van der Waals surface area contributed by atoms with Gasteiger partial charge in [-0.3, -0.25) is 0 Å². The van der Waals surface area contributed by atoms with Crippen LogP contribution in [0.25, 0.3) is 0 Å². The molecular formula is C13H13ClN4O. The maximum absolute atomic E-state index is 5.85. The minimum Gasteiger partial charge on any atom is -0.481 e. The van der Waals surface area contributed by atoms with Crippen molar-refractivity contribution >= 4 is 23.2 Å². The molecule has 2 heterocycles. The average Bonchev–Trinajstić information content (AvgIpc) is 2.89. The lowest BCUT2D eigenvalue weighted by molar-refractivity contribution is 0.392. The molecule has 98 valence electrons. The Morgan fingerprint density at radius 3 is 2.74 bits per heavy atom. The monoisotopic (exact) mass is 276 g/mol. The molecule has 0 radical (unpaired) electrons. The normalized spacial score (nSPS) is 13.2. The standard InChI is InChI=1S/C13H13ClN4O/c1-19-12-10-6-15-7-11(10)17-13(18-12)16-9-4-2-8(14)3-5-9/h2-5,15H,6-7H2,1H3,(H,16,17,18). The number of methoxy groups -OCH3 is 1. The van der Waals surface area contributed by atoms with Crippen LogP contribution in [0.2, 0.25) is 5.02 Å². The number of fused-ring (bicyclic) bond motifs is 1. The van der Waals surface area contributed by atoms with E-state index >= 15 is 0 Å². The number of hydrogen-bond acceptors (Lipinski definition) is 5. The van der Waals surface area contributed by atoms with Gasteiger partial charge in [-0.15, -0.1) is 0 Å². The molecule has 1 aliphatic heterocycles.